The zero-order valence-corrected chi connectivity index (χ0v) is 20.6. The number of amides is 1. The first kappa shape index (κ1) is 22.9. The van der Waals surface area contributed by atoms with Crippen LogP contribution in [0.1, 0.15) is 34.3 Å². The largest absolute Gasteiger partial charge is 0.486 e. The second-order valence-corrected chi connectivity index (χ2v) is 9.96. The molecule has 1 atom stereocenters. The highest BCUT2D eigenvalue weighted by Gasteiger charge is 2.25. The first-order chi connectivity index (χ1) is 17.7. The van der Waals surface area contributed by atoms with Crippen LogP contribution >= 0.6 is 0 Å². The second-order valence-electron chi connectivity index (χ2n) is 9.96. The molecule has 186 valence electrons. The van der Waals surface area contributed by atoms with Gasteiger partial charge < -0.3 is 24.6 Å². The molecule has 0 aromatic heterocycles. The van der Waals surface area contributed by atoms with Crippen LogP contribution in [0.3, 0.4) is 0 Å². The maximum atomic E-state index is 13.1. The lowest BCUT2D eigenvalue weighted by atomic mass is 9.99. The molecule has 0 spiro atoms. The molecule has 1 saturated heterocycles. The van der Waals surface area contributed by atoms with Crippen molar-refractivity contribution in [2.75, 3.05) is 37.7 Å². The summed E-state index contributed by atoms with van der Waals surface area (Å²) in [6.45, 7) is 4.84. The van der Waals surface area contributed by atoms with E-state index in [-0.39, 0.29) is 12.0 Å². The van der Waals surface area contributed by atoms with Gasteiger partial charge in [-0.15, -0.1) is 0 Å². The van der Waals surface area contributed by atoms with Crippen LogP contribution in [0.25, 0.3) is 0 Å². The molecule has 1 amide bonds. The molecule has 6 rings (SSSR count). The minimum atomic E-state index is 0.0383. The van der Waals surface area contributed by atoms with Crippen molar-refractivity contribution in [3.63, 3.8) is 0 Å². The average molecular weight is 484 g/mol. The smallest absolute Gasteiger partial charge is 0.254 e. The van der Waals surface area contributed by atoms with Gasteiger partial charge in [0.15, 0.2) is 11.5 Å². The number of para-hydroxylation sites is 2. The topological polar surface area (TPSA) is 54.0 Å². The van der Waals surface area contributed by atoms with Gasteiger partial charge in [-0.3, -0.25) is 4.79 Å². The van der Waals surface area contributed by atoms with Crippen LogP contribution in [0.2, 0.25) is 0 Å². The third kappa shape index (κ3) is 4.91. The van der Waals surface area contributed by atoms with E-state index in [1.807, 2.05) is 41.3 Å². The Bertz CT molecular complexity index is 1200. The molecule has 3 aromatic rings. The zero-order valence-electron chi connectivity index (χ0n) is 20.6. The van der Waals surface area contributed by atoms with Crippen LogP contribution in [-0.2, 0) is 13.0 Å². The van der Waals surface area contributed by atoms with E-state index < -0.39 is 0 Å². The summed E-state index contributed by atoms with van der Waals surface area (Å²) in [5.74, 6) is 1.78. The minimum Gasteiger partial charge on any atom is -0.486 e. The summed E-state index contributed by atoms with van der Waals surface area (Å²) in [6.07, 6.45) is 3.13. The molecule has 0 radical (unpaired) electrons. The molecule has 6 heteroatoms. The Hall–Kier alpha value is -3.51. The van der Waals surface area contributed by atoms with Gasteiger partial charge in [-0.05, 0) is 66.8 Å². The number of carbonyl (C=O) groups is 1. The molecule has 1 N–H and O–H groups in total. The van der Waals surface area contributed by atoms with Gasteiger partial charge in [-0.25, -0.2) is 0 Å². The van der Waals surface area contributed by atoms with Gasteiger partial charge in [-0.2, -0.15) is 0 Å². The summed E-state index contributed by atoms with van der Waals surface area (Å²) in [5, 5.41) is 3.68. The van der Waals surface area contributed by atoms with E-state index in [1.165, 1.54) is 16.8 Å². The van der Waals surface area contributed by atoms with Gasteiger partial charge in [-0.1, -0.05) is 36.4 Å². The van der Waals surface area contributed by atoms with Crippen molar-refractivity contribution in [3.05, 3.63) is 89.5 Å². The third-order valence-electron chi connectivity index (χ3n) is 7.59. The van der Waals surface area contributed by atoms with Gasteiger partial charge in [0.25, 0.3) is 5.91 Å². The van der Waals surface area contributed by atoms with Crippen molar-refractivity contribution in [1.82, 2.24) is 10.2 Å². The summed E-state index contributed by atoms with van der Waals surface area (Å²) in [6, 6.07) is 24.9. The van der Waals surface area contributed by atoms with E-state index in [2.05, 4.69) is 46.6 Å². The van der Waals surface area contributed by atoms with Crippen LogP contribution in [0.5, 0.6) is 11.5 Å². The predicted molar refractivity (Wildman–Crippen MR) is 141 cm³/mol. The predicted octanol–water partition coefficient (Wildman–Crippen LogP) is 4.28. The second kappa shape index (κ2) is 10.2. The van der Waals surface area contributed by atoms with Gasteiger partial charge in [0.05, 0.1) is 0 Å². The molecular weight excluding hydrogens is 450 g/mol. The standard InChI is InChI=1S/C30H33N3O3/c34-30(33-16-13-22-5-1-2-6-24(22)20-33)23-9-11-26(12-10-23)32-17-14-25(15-18-32)31-19-27-21-35-28-7-3-4-8-29(28)36-27/h1-12,25,27,31H,13-21H2. The summed E-state index contributed by atoms with van der Waals surface area (Å²) in [4.78, 5) is 17.5. The average Bonchev–Trinajstić information content (AvgIpc) is 2.96. The Morgan fingerprint density at radius 2 is 1.58 bits per heavy atom. The van der Waals surface area contributed by atoms with Crippen molar-refractivity contribution in [3.8, 4) is 11.5 Å². The molecule has 1 fully saturated rings. The van der Waals surface area contributed by atoms with Crippen LogP contribution in [0.4, 0.5) is 5.69 Å². The van der Waals surface area contributed by atoms with E-state index in [0.717, 1.165) is 62.5 Å². The van der Waals surface area contributed by atoms with Gasteiger partial charge in [0, 0.05) is 50.0 Å². The molecular formula is C30H33N3O3. The molecule has 6 nitrogen and oxygen atoms in total. The number of hydrogen-bond donors (Lipinski definition) is 1. The number of hydrogen-bond acceptors (Lipinski definition) is 5. The highest BCUT2D eigenvalue weighted by Crippen LogP contribution is 2.31. The van der Waals surface area contributed by atoms with Crippen molar-refractivity contribution in [1.29, 1.82) is 0 Å². The minimum absolute atomic E-state index is 0.0383. The highest BCUT2D eigenvalue weighted by molar-refractivity contribution is 5.94. The Balaban J connectivity index is 0.980. The lowest BCUT2D eigenvalue weighted by Gasteiger charge is -2.35. The van der Waals surface area contributed by atoms with Crippen LogP contribution in [0, 0.1) is 0 Å². The number of nitrogens with zero attached hydrogens (tertiary/aromatic N) is 2. The van der Waals surface area contributed by atoms with Crippen LogP contribution in [-0.4, -0.2) is 55.7 Å². The molecule has 0 saturated carbocycles. The quantitative estimate of drug-likeness (QED) is 0.587. The maximum absolute atomic E-state index is 13.1. The molecule has 3 heterocycles. The van der Waals surface area contributed by atoms with Gasteiger partial charge in [0.2, 0.25) is 0 Å². The molecule has 36 heavy (non-hydrogen) atoms. The first-order valence-electron chi connectivity index (χ1n) is 13.1. The zero-order chi connectivity index (χ0) is 24.3. The SMILES string of the molecule is O=C(c1ccc(N2CCC(NCC3COc4ccccc4O3)CC2)cc1)N1CCc2ccccc2C1. The number of fused-ring (bicyclic) bond motifs is 2. The number of carbonyl (C=O) groups excluding carboxylic acids is 1. The number of rotatable bonds is 5. The van der Waals surface area contributed by atoms with E-state index in [4.69, 9.17) is 9.47 Å². The highest BCUT2D eigenvalue weighted by atomic mass is 16.6. The fraction of sp³-hybridized carbons (Fsp3) is 0.367. The Morgan fingerprint density at radius 3 is 2.39 bits per heavy atom. The summed E-state index contributed by atoms with van der Waals surface area (Å²) >= 11 is 0. The van der Waals surface area contributed by atoms with Gasteiger partial charge >= 0.3 is 0 Å². The number of nitrogens with one attached hydrogen (secondary N) is 1. The Kier molecular flexibility index (Phi) is 6.51. The van der Waals surface area contributed by atoms with E-state index in [1.54, 1.807) is 0 Å². The fourth-order valence-corrected chi connectivity index (χ4v) is 5.47. The lowest BCUT2D eigenvalue weighted by Crippen LogP contribution is -2.47. The molecule has 0 aliphatic carbocycles. The molecule has 0 bridgehead atoms. The van der Waals surface area contributed by atoms with Gasteiger partial charge in [0.1, 0.15) is 12.7 Å². The van der Waals surface area contributed by atoms with Crippen LogP contribution in [0.15, 0.2) is 72.8 Å². The fourth-order valence-electron chi connectivity index (χ4n) is 5.47. The van der Waals surface area contributed by atoms with Crippen molar-refractivity contribution in [2.45, 2.75) is 38.0 Å². The number of piperidine rings is 1. The maximum Gasteiger partial charge on any atom is 0.254 e. The van der Waals surface area contributed by atoms with Crippen molar-refractivity contribution in [2.24, 2.45) is 0 Å². The number of anilines is 1. The first-order valence-corrected chi connectivity index (χ1v) is 13.1. The van der Waals surface area contributed by atoms with E-state index in [9.17, 15) is 4.79 Å². The molecule has 3 aromatic carbocycles. The van der Waals surface area contributed by atoms with Crippen molar-refractivity contribution < 1.29 is 14.3 Å². The summed E-state index contributed by atoms with van der Waals surface area (Å²) in [7, 11) is 0. The lowest BCUT2D eigenvalue weighted by molar-refractivity contribution is 0.0734. The summed E-state index contributed by atoms with van der Waals surface area (Å²) < 4.78 is 11.9. The normalized spacial score (nSPS) is 19.6. The summed E-state index contributed by atoms with van der Waals surface area (Å²) in [5.41, 5.74) is 4.58. The monoisotopic (exact) mass is 483 g/mol. The van der Waals surface area contributed by atoms with E-state index >= 15 is 0 Å². The Labute approximate surface area is 212 Å². The molecule has 3 aliphatic rings. The number of benzene rings is 3. The third-order valence-corrected chi connectivity index (χ3v) is 7.59. The van der Waals surface area contributed by atoms with Crippen molar-refractivity contribution >= 4 is 11.6 Å². The molecule has 1 unspecified atom stereocenters. The Morgan fingerprint density at radius 1 is 0.861 bits per heavy atom. The van der Waals surface area contributed by atoms with E-state index in [0.29, 0.717) is 19.2 Å². The molecule has 3 aliphatic heterocycles. The number of ether oxygens (including phenoxy) is 2. The van der Waals surface area contributed by atoms with Crippen LogP contribution < -0.4 is 19.7 Å².